The second-order valence-electron chi connectivity index (χ2n) is 6.50. The largest absolute Gasteiger partial charge is 0.417 e. The van der Waals surface area contributed by atoms with E-state index in [2.05, 4.69) is 56.5 Å². The van der Waals surface area contributed by atoms with Crippen molar-refractivity contribution in [3.8, 4) is 0 Å². The molecule has 0 radical (unpaired) electrons. The van der Waals surface area contributed by atoms with Gasteiger partial charge in [0.25, 0.3) is 0 Å². The van der Waals surface area contributed by atoms with E-state index in [9.17, 15) is 4.79 Å². The zero-order chi connectivity index (χ0) is 13.3. The molecule has 0 aromatic carbocycles. The van der Waals surface area contributed by atoms with Gasteiger partial charge in [0.05, 0.1) is 0 Å². The molecule has 98 valence electrons. The summed E-state index contributed by atoms with van der Waals surface area (Å²) in [4.78, 5) is 11.1. The van der Waals surface area contributed by atoms with Crippen LogP contribution in [-0.4, -0.2) is 21.2 Å². The molecular weight excluding hydrogens is 343 g/mol. The van der Waals surface area contributed by atoms with E-state index in [1.807, 2.05) is 10.2 Å². The summed E-state index contributed by atoms with van der Waals surface area (Å²) in [6.07, 6.45) is 4.05. The van der Waals surface area contributed by atoms with Crippen LogP contribution in [0.4, 0.5) is 0 Å². The molecule has 17 heavy (non-hydrogen) atoms. The highest BCUT2D eigenvalue weighted by Gasteiger charge is 2.53. The maximum absolute atomic E-state index is 11.1. The third-order valence-corrected chi connectivity index (χ3v) is 9.10. The van der Waals surface area contributed by atoms with Crippen LogP contribution in [0.15, 0.2) is 10.2 Å². The van der Waals surface area contributed by atoms with Crippen LogP contribution in [0.1, 0.15) is 27.2 Å². The molecule has 0 aromatic heterocycles. The van der Waals surface area contributed by atoms with Crippen molar-refractivity contribution in [2.45, 2.75) is 45.3 Å². The highest BCUT2D eigenvalue weighted by Crippen LogP contribution is 2.53. The van der Waals surface area contributed by atoms with Gasteiger partial charge in [-0.1, -0.05) is 49.4 Å². The summed E-state index contributed by atoms with van der Waals surface area (Å²) in [5, 5.41) is 0.241. The van der Waals surface area contributed by atoms with E-state index in [4.69, 9.17) is 4.43 Å². The van der Waals surface area contributed by atoms with Crippen molar-refractivity contribution in [1.29, 1.82) is 0 Å². The van der Waals surface area contributed by atoms with Gasteiger partial charge in [0.15, 0.2) is 8.32 Å². The minimum Gasteiger partial charge on any atom is -0.417 e. The topological polar surface area (TPSA) is 26.3 Å². The van der Waals surface area contributed by atoms with Crippen LogP contribution >= 0.6 is 22.6 Å². The van der Waals surface area contributed by atoms with Crippen molar-refractivity contribution in [3.05, 3.63) is 10.2 Å². The minimum absolute atomic E-state index is 0.219. The summed E-state index contributed by atoms with van der Waals surface area (Å²) < 4.78 is 8.11. The van der Waals surface area contributed by atoms with Gasteiger partial charge in [0.2, 0.25) is 0 Å². The van der Waals surface area contributed by atoms with Crippen molar-refractivity contribution in [3.63, 3.8) is 0 Å². The van der Waals surface area contributed by atoms with Gasteiger partial charge in [-0.05, 0) is 34.6 Å². The van der Waals surface area contributed by atoms with Crippen LogP contribution in [0.2, 0.25) is 18.1 Å². The Morgan fingerprint density at radius 2 is 2.06 bits per heavy atom. The fourth-order valence-electron chi connectivity index (χ4n) is 1.61. The van der Waals surface area contributed by atoms with E-state index in [1.54, 1.807) is 0 Å². The molecule has 1 aliphatic carbocycles. The number of carbonyl (C=O) groups excluding carboxylic acids is 1. The number of hydrogen-bond donors (Lipinski definition) is 0. The average molecular weight is 366 g/mol. The third-order valence-electron chi connectivity index (χ3n) is 4.24. The summed E-state index contributed by atoms with van der Waals surface area (Å²) in [5.41, 5.74) is -0.219. The Morgan fingerprint density at radius 1 is 1.47 bits per heavy atom. The molecule has 0 aromatic rings. The van der Waals surface area contributed by atoms with Crippen molar-refractivity contribution >= 4 is 37.2 Å². The van der Waals surface area contributed by atoms with Crippen LogP contribution < -0.4 is 0 Å². The first-order valence-electron chi connectivity index (χ1n) is 6.07. The Bertz CT molecular complexity index is 320. The molecule has 2 atom stereocenters. The summed E-state index contributed by atoms with van der Waals surface area (Å²) >= 11 is 2.17. The number of hydrogen-bond acceptors (Lipinski definition) is 2. The van der Waals surface area contributed by atoms with E-state index in [1.165, 1.54) is 0 Å². The third kappa shape index (κ3) is 3.41. The molecule has 0 aliphatic heterocycles. The van der Waals surface area contributed by atoms with Gasteiger partial charge in [-0.3, -0.25) is 0 Å². The molecule has 1 saturated carbocycles. The van der Waals surface area contributed by atoms with E-state index in [0.717, 1.165) is 19.3 Å². The molecule has 0 unspecified atom stereocenters. The van der Waals surface area contributed by atoms with E-state index in [-0.39, 0.29) is 10.5 Å². The molecule has 1 fully saturated rings. The highest BCUT2D eigenvalue weighted by atomic mass is 127. The zero-order valence-electron chi connectivity index (χ0n) is 11.4. The van der Waals surface area contributed by atoms with Crippen LogP contribution in [0, 0.1) is 11.3 Å². The van der Waals surface area contributed by atoms with Gasteiger partial charge in [-0.15, -0.1) is 0 Å². The SMILES string of the molecule is CC(C)(C)[Si](C)(C)OC[C@H]1C[C@@]1(C=O)/C=C/I. The summed E-state index contributed by atoms with van der Waals surface area (Å²) in [6, 6.07) is 0. The summed E-state index contributed by atoms with van der Waals surface area (Å²) in [7, 11) is -1.67. The van der Waals surface area contributed by atoms with Gasteiger partial charge in [-0.2, -0.15) is 0 Å². The smallest absolute Gasteiger partial charge is 0.191 e. The fraction of sp³-hybridized carbons (Fsp3) is 0.769. The molecule has 1 rings (SSSR count). The zero-order valence-corrected chi connectivity index (χ0v) is 14.6. The average Bonchev–Trinajstić information content (AvgIpc) is 2.88. The van der Waals surface area contributed by atoms with Crippen LogP contribution in [0.3, 0.4) is 0 Å². The molecule has 0 N–H and O–H groups in total. The first-order valence-corrected chi connectivity index (χ1v) is 10.2. The molecule has 0 bridgehead atoms. The number of carbonyl (C=O) groups is 1. The van der Waals surface area contributed by atoms with Crippen LogP contribution in [-0.2, 0) is 9.22 Å². The lowest BCUT2D eigenvalue weighted by molar-refractivity contribution is -0.111. The second kappa shape index (κ2) is 5.13. The first-order chi connectivity index (χ1) is 7.68. The predicted molar refractivity (Wildman–Crippen MR) is 82.9 cm³/mol. The van der Waals surface area contributed by atoms with Gasteiger partial charge in [-0.25, -0.2) is 0 Å². The second-order valence-corrected chi connectivity index (χ2v) is 12.0. The number of allylic oxidation sites excluding steroid dienone is 1. The first kappa shape index (κ1) is 15.4. The monoisotopic (exact) mass is 366 g/mol. The Labute approximate surface area is 119 Å². The quantitative estimate of drug-likeness (QED) is 0.415. The molecule has 1 aliphatic rings. The Kier molecular flexibility index (Phi) is 4.64. The predicted octanol–water partition coefficient (Wildman–Crippen LogP) is 4.16. The van der Waals surface area contributed by atoms with E-state index < -0.39 is 8.32 Å². The van der Waals surface area contributed by atoms with E-state index in [0.29, 0.717) is 5.92 Å². The van der Waals surface area contributed by atoms with Crippen molar-refractivity contribution in [1.82, 2.24) is 0 Å². The van der Waals surface area contributed by atoms with Crippen LogP contribution in [0.5, 0.6) is 0 Å². The molecule has 0 heterocycles. The maximum atomic E-state index is 11.1. The lowest BCUT2D eigenvalue weighted by atomic mass is 10.1. The Balaban J connectivity index is 2.53. The number of aldehydes is 1. The van der Waals surface area contributed by atoms with Crippen molar-refractivity contribution in [2.75, 3.05) is 6.61 Å². The fourth-order valence-corrected chi connectivity index (χ4v) is 3.33. The van der Waals surface area contributed by atoms with Gasteiger partial charge >= 0.3 is 0 Å². The standard InChI is InChI=1S/C13H23IO2Si/c1-12(2,3)17(4,5)16-9-11-8-13(11,10-15)6-7-14/h6-7,10-11H,8-9H2,1-5H3/b7-6+/t11-,13-/m1/s1. The molecule has 0 saturated heterocycles. The van der Waals surface area contributed by atoms with Gasteiger partial charge in [0, 0.05) is 12.0 Å². The highest BCUT2D eigenvalue weighted by molar-refractivity contribution is 14.1. The molecular formula is C13H23IO2Si. The molecule has 2 nitrogen and oxygen atoms in total. The lowest BCUT2D eigenvalue weighted by Gasteiger charge is -2.36. The van der Waals surface area contributed by atoms with E-state index >= 15 is 0 Å². The van der Waals surface area contributed by atoms with Gasteiger partial charge < -0.3 is 9.22 Å². The minimum atomic E-state index is -1.67. The molecule has 0 spiro atoms. The molecule has 0 amide bonds. The Hall–Kier alpha value is 0.317. The van der Waals surface area contributed by atoms with Crippen molar-refractivity contribution < 1.29 is 9.22 Å². The maximum Gasteiger partial charge on any atom is 0.191 e. The van der Waals surface area contributed by atoms with Gasteiger partial charge in [0.1, 0.15) is 6.29 Å². The van der Waals surface area contributed by atoms with Crippen LogP contribution in [0.25, 0.3) is 0 Å². The van der Waals surface area contributed by atoms with Crippen molar-refractivity contribution in [2.24, 2.45) is 11.3 Å². The summed E-state index contributed by atoms with van der Waals surface area (Å²) in [6.45, 7) is 12.0. The number of rotatable bonds is 5. The molecule has 4 heteroatoms. The lowest BCUT2D eigenvalue weighted by Crippen LogP contribution is -2.41. The Morgan fingerprint density at radius 3 is 2.47 bits per heavy atom. The normalized spacial score (nSPS) is 29.6. The summed E-state index contributed by atoms with van der Waals surface area (Å²) in [5.74, 6) is 0.389. The number of halogens is 1.